The van der Waals surface area contributed by atoms with Gasteiger partial charge in [-0.2, -0.15) is 13.2 Å². The molecule has 2 aromatic carbocycles. The van der Waals surface area contributed by atoms with Gasteiger partial charge in [-0.1, -0.05) is 0 Å². The standard InChI is InChI=1S/C20H15F4N3O2/c1-25-13-3-6-15(7-4-13)29-18-9-5-14(11-26-18)27-19(28)16-8-2-12(10-17(16)21)20(22,23)24/h2-11,25H,1H3,(H,27,28). The Hall–Kier alpha value is -3.62. The Labute approximate surface area is 163 Å². The van der Waals surface area contributed by atoms with Crippen LogP contribution in [0, 0.1) is 5.82 Å². The first-order valence-electron chi connectivity index (χ1n) is 8.36. The molecule has 0 aliphatic rings. The quantitative estimate of drug-likeness (QED) is 0.564. The van der Waals surface area contributed by atoms with Gasteiger partial charge >= 0.3 is 6.18 Å². The summed E-state index contributed by atoms with van der Waals surface area (Å²) >= 11 is 0. The van der Waals surface area contributed by atoms with Gasteiger partial charge in [0.25, 0.3) is 5.91 Å². The molecule has 0 saturated heterocycles. The van der Waals surface area contributed by atoms with Crippen molar-refractivity contribution in [2.75, 3.05) is 17.7 Å². The fourth-order valence-corrected chi connectivity index (χ4v) is 2.40. The van der Waals surface area contributed by atoms with Gasteiger partial charge in [0.1, 0.15) is 11.6 Å². The van der Waals surface area contributed by atoms with Crippen LogP contribution < -0.4 is 15.4 Å². The molecule has 2 N–H and O–H groups in total. The Kier molecular flexibility index (Phi) is 5.67. The van der Waals surface area contributed by atoms with Crippen molar-refractivity contribution in [2.45, 2.75) is 6.18 Å². The topological polar surface area (TPSA) is 63.2 Å². The lowest BCUT2D eigenvalue weighted by molar-refractivity contribution is -0.137. The van der Waals surface area contributed by atoms with Crippen LogP contribution in [0.2, 0.25) is 0 Å². The van der Waals surface area contributed by atoms with Crippen molar-refractivity contribution in [1.82, 2.24) is 4.98 Å². The third-order valence-electron chi connectivity index (χ3n) is 3.90. The summed E-state index contributed by atoms with van der Waals surface area (Å²) in [5, 5.41) is 5.35. The zero-order chi connectivity index (χ0) is 21.0. The van der Waals surface area contributed by atoms with Crippen LogP contribution in [-0.4, -0.2) is 17.9 Å². The Morgan fingerprint density at radius 2 is 1.69 bits per heavy atom. The average molecular weight is 405 g/mol. The van der Waals surface area contributed by atoms with Crippen molar-refractivity contribution in [3.8, 4) is 11.6 Å². The van der Waals surface area contributed by atoms with Gasteiger partial charge in [0.15, 0.2) is 0 Å². The Bertz CT molecular complexity index is 1000. The first-order chi connectivity index (χ1) is 13.8. The zero-order valence-corrected chi connectivity index (χ0v) is 15.0. The number of carbonyl (C=O) groups is 1. The molecule has 0 saturated carbocycles. The first kappa shape index (κ1) is 20.1. The molecule has 1 aromatic heterocycles. The molecule has 1 heterocycles. The smallest absolute Gasteiger partial charge is 0.416 e. The normalized spacial score (nSPS) is 11.1. The van der Waals surface area contributed by atoms with Crippen molar-refractivity contribution in [1.29, 1.82) is 0 Å². The highest BCUT2D eigenvalue weighted by Crippen LogP contribution is 2.30. The number of aromatic nitrogens is 1. The predicted molar refractivity (Wildman–Crippen MR) is 99.7 cm³/mol. The number of halogens is 4. The number of hydrogen-bond donors (Lipinski definition) is 2. The maximum atomic E-state index is 13.9. The van der Waals surface area contributed by atoms with E-state index in [9.17, 15) is 22.4 Å². The van der Waals surface area contributed by atoms with Crippen LogP contribution in [-0.2, 0) is 6.18 Å². The molecule has 0 unspecified atom stereocenters. The molecule has 150 valence electrons. The van der Waals surface area contributed by atoms with E-state index in [-0.39, 0.29) is 17.6 Å². The van der Waals surface area contributed by atoms with Gasteiger partial charge in [-0.3, -0.25) is 4.79 Å². The molecule has 3 aromatic rings. The van der Waals surface area contributed by atoms with Crippen molar-refractivity contribution in [2.24, 2.45) is 0 Å². The van der Waals surface area contributed by atoms with Crippen LogP contribution in [0.5, 0.6) is 11.6 Å². The number of pyridine rings is 1. The number of ether oxygens (including phenoxy) is 1. The summed E-state index contributed by atoms with van der Waals surface area (Å²) in [4.78, 5) is 16.2. The van der Waals surface area contributed by atoms with Gasteiger partial charge in [0.05, 0.1) is 23.0 Å². The predicted octanol–water partition coefficient (Wildman–Crippen LogP) is 5.33. The monoisotopic (exact) mass is 405 g/mol. The van der Waals surface area contributed by atoms with Gasteiger partial charge in [0.2, 0.25) is 5.88 Å². The number of rotatable bonds is 5. The summed E-state index contributed by atoms with van der Waals surface area (Å²) in [7, 11) is 1.79. The van der Waals surface area contributed by atoms with E-state index in [0.29, 0.717) is 11.8 Å². The van der Waals surface area contributed by atoms with Gasteiger partial charge in [-0.15, -0.1) is 0 Å². The van der Waals surface area contributed by atoms with Crippen LogP contribution in [0.4, 0.5) is 28.9 Å². The molecule has 3 rings (SSSR count). The fraction of sp³-hybridized carbons (Fsp3) is 0.100. The van der Waals surface area contributed by atoms with Crippen LogP contribution in [0.3, 0.4) is 0 Å². The Morgan fingerprint density at radius 1 is 1.00 bits per heavy atom. The van der Waals surface area contributed by atoms with Crippen molar-refractivity contribution >= 4 is 17.3 Å². The molecule has 9 heteroatoms. The van der Waals surface area contributed by atoms with Gasteiger partial charge in [-0.25, -0.2) is 9.37 Å². The van der Waals surface area contributed by atoms with Crippen LogP contribution in [0.15, 0.2) is 60.8 Å². The number of benzene rings is 2. The molecule has 29 heavy (non-hydrogen) atoms. The molecule has 5 nitrogen and oxygen atoms in total. The minimum atomic E-state index is -4.69. The summed E-state index contributed by atoms with van der Waals surface area (Å²) in [5.41, 5.74) is -0.536. The van der Waals surface area contributed by atoms with E-state index >= 15 is 0 Å². The van der Waals surface area contributed by atoms with Crippen molar-refractivity contribution in [3.63, 3.8) is 0 Å². The molecule has 1 amide bonds. The van der Waals surface area contributed by atoms with Gasteiger partial charge < -0.3 is 15.4 Å². The summed E-state index contributed by atoms with van der Waals surface area (Å²) < 4.78 is 57.2. The highest BCUT2D eigenvalue weighted by molar-refractivity contribution is 6.04. The third-order valence-corrected chi connectivity index (χ3v) is 3.90. The zero-order valence-electron chi connectivity index (χ0n) is 15.0. The lowest BCUT2D eigenvalue weighted by Gasteiger charge is -2.10. The Balaban J connectivity index is 1.66. The molecule has 0 aliphatic heterocycles. The highest BCUT2D eigenvalue weighted by atomic mass is 19.4. The van der Waals surface area contributed by atoms with E-state index in [4.69, 9.17) is 4.74 Å². The molecular weight excluding hydrogens is 390 g/mol. The average Bonchev–Trinajstić information content (AvgIpc) is 2.69. The second-order valence-corrected chi connectivity index (χ2v) is 5.91. The second-order valence-electron chi connectivity index (χ2n) is 5.91. The van der Waals surface area contributed by atoms with Crippen molar-refractivity contribution < 1.29 is 27.1 Å². The molecule has 0 fully saturated rings. The minimum Gasteiger partial charge on any atom is -0.439 e. The second kappa shape index (κ2) is 8.17. The number of nitrogens with zero attached hydrogens (tertiary/aromatic N) is 1. The molecule has 0 bridgehead atoms. The van der Waals surface area contributed by atoms with Crippen LogP contribution in [0.1, 0.15) is 15.9 Å². The molecule has 0 spiro atoms. The SMILES string of the molecule is CNc1ccc(Oc2ccc(NC(=O)c3ccc(C(F)(F)F)cc3F)cn2)cc1. The number of hydrogen-bond acceptors (Lipinski definition) is 4. The van der Waals surface area contributed by atoms with E-state index in [0.717, 1.165) is 11.8 Å². The van der Waals surface area contributed by atoms with Gasteiger partial charge in [-0.05, 0) is 48.5 Å². The fourth-order valence-electron chi connectivity index (χ4n) is 2.40. The largest absolute Gasteiger partial charge is 0.439 e. The summed E-state index contributed by atoms with van der Waals surface area (Å²) in [6.07, 6.45) is -3.40. The number of anilines is 2. The van der Waals surface area contributed by atoms with Crippen molar-refractivity contribution in [3.05, 3.63) is 77.7 Å². The molecule has 0 aliphatic carbocycles. The maximum absolute atomic E-state index is 13.9. The third kappa shape index (κ3) is 5.01. The number of amides is 1. The number of alkyl halides is 3. The number of carbonyl (C=O) groups excluding carboxylic acids is 1. The lowest BCUT2D eigenvalue weighted by Crippen LogP contribution is -2.15. The van der Waals surface area contributed by atoms with E-state index in [1.54, 1.807) is 19.2 Å². The highest BCUT2D eigenvalue weighted by Gasteiger charge is 2.31. The van der Waals surface area contributed by atoms with E-state index in [1.807, 2.05) is 12.1 Å². The van der Waals surface area contributed by atoms with E-state index in [1.165, 1.54) is 18.3 Å². The maximum Gasteiger partial charge on any atom is 0.416 e. The van der Waals surface area contributed by atoms with Crippen LogP contribution >= 0.6 is 0 Å². The summed E-state index contributed by atoms with van der Waals surface area (Å²) in [6, 6.07) is 11.8. The lowest BCUT2D eigenvalue weighted by atomic mass is 10.1. The minimum absolute atomic E-state index is 0.229. The summed E-state index contributed by atoms with van der Waals surface area (Å²) in [6.45, 7) is 0. The Morgan fingerprint density at radius 3 is 2.24 bits per heavy atom. The number of nitrogens with one attached hydrogen (secondary N) is 2. The molecular formula is C20H15F4N3O2. The first-order valence-corrected chi connectivity index (χ1v) is 8.36. The van der Waals surface area contributed by atoms with Crippen LogP contribution in [0.25, 0.3) is 0 Å². The molecule has 0 radical (unpaired) electrons. The summed E-state index contributed by atoms with van der Waals surface area (Å²) in [5.74, 6) is -1.34. The van der Waals surface area contributed by atoms with E-state index in [2.05, 4.69) is 15.6 Å². The molecule has 0 atom stereocenters. The van der Waals surface area contributed by atoms with E-state index < -0.39 is 29.0 Å². The van der Waals surface area contributed by atoms with Gasteiger partial charge in [0, 0.05) is 18.8 Å².